The van der Waals surface area contributed by atoms with Crippen LogP contribution in [0.5, 0.6) is 0 Å². The Kier molecular flexibility index (Phi) is 6.70. The van der Waals surface area contributed by atoms with Crippen LogP contribution < -0.4 is 5.32 Å². The number of aliphatic hydroxyl groups is 2. The van der Waals surface area contributed by atoms with Crippen molar-refractivity contribution in [2.45, 2.75) is 57.6 Å². The van der Waals surface area contributed by atoms with Crippen LogP contribution in [-0.4, -0.2) is 56.8 Å². The minimum Gasteiger partial charge on any atom is -0.395 e. The summed E-state index contributed by atoms with van der Waals surface area (Å²) in [7, 11) is 0. The van der Waals surface area contributed by atoms with Crippen LogP contribution in [0.2, 0.25) is 0 Å². The number of H-pyrrole nitrogens is 1. The number of aromatic nitrogens is 1. The first-order chi connectivity index (χ1) is 16.3. The summed E-state index contributed by atoms with van der Waals surface area (Å²) in [5.41, 5.74) is 1.02. The van der Waals surface area contributed by atoms with Gasteiger partial charge in [0.15, 0.2) is 0 Å². The van der Waals surface area contributed by atoms with E-state index in [9.17, 15) is 28.2 Å². The molecule has 2 unspecified atom stereocenters. The van der Waals surface area contributed by atoms with Gasteiger partial charge in [0.2, 0.25) is 0 Å². The molecular formula is C26H30F3N3O3. The highest BCUT2D eigenvalue weighted by molar-refractivity contribution is 5.96. The van der Waals surface area contributed by atoms with Gasteiger partial charge in [-0.3, -0.25) is 9.69 Å². The zero-order valence-corrected chi connectivity index (χ0v) is 19.9. The number of hydrogen-bond donors (Lipinski definition) is 4. The molecule has 1 aromatic heterocycles. The quantitative estimate of drug-likeness (QED) is 0.430. The number of β-amino-alcohol motifs (C(OH)–C–C–N with tert-alkyl or cyclic N) is 1. The molecule has 0 saturated carbocycles. The van der Waals surface area contributed by atoms with Crippen LogP contribution >= 0.6 is 0 Å². The monoisotopic (exact) mass is 489 g/mol. The maximum absolute atomic E-state index is 13.6. The lowest BCUT2D eigenvalue weighted by atomic mass is 9.97. The molecule has 1 aliphatic rings. The van der Waals surface area contributed by atoms with Crippen LogP contribution in [0.1, 0.15) is 48.8 Å². The molecule has 1 fully saturated rings. The number of aliphatic hydroxyl groups excluding tert-OH is 2. The van der Waals surface area contributed by atoms with E-state index in [4.69, 9.17) is 0 Å². The summed E-state index contributed by atoms with van der Waals surface area (Å²) in [4.78, 5) is 18.0. The number of fused-ring (bicyclic) bond motifs is 1. The fourth-order valence-corrected chi connectivity index (χ4v) is 4.52. The van der Waals surface area contributed by atoms with E-state index in [1.54, 1.807) is 39.0 Å². The first kappa shape index (κ1) is 25.2. The zero-order valence-electron chi connectivity index (χ0n) is 19.9. The Morgan fingerprint density at radius 3 is 2.51 bits per heavy atom. The predicted octanol–water partition coefficient (Wildman–Crippen LogP) is 4.31. The summed E-state index contributed by atoms with van der Waals surface area (Å²) in [6.07, 6.45) is -4.56. The topological polar surface area (TPSA) is 88.6 Å². The standard InChI is InChI=1S/C26H30F3N3O3/c1-25(2,3)31-24(35)18-7-16(8-19(9-18)26(27,28)29)15-4-5-23-17(6-15)10-20(30-23)12-32-13-22(34)11-21(32)14-33/h4-10,21-22,30,33-34H,11-14H2,1-3H3,(H,31,35). The largest absolute Gasteiger partial charge is 0.416 e. The lowest BCUT2D eigenvalue weighted by Crippen LogP contribution is -2.40. The summed E-state index contributed by atoms with van der Waals surface area (Å²) < 4.78 is 40.9. The smallest absolute Gasteiger partial charge is 0.395 e. The van der Waals surface area contributed by atoms with Crippen molar-refractivity contribution in [3.05, 3.63) is 59.3 Å². The highest BCUT2D eigenvalue weighted by Crippen LogP contribution is 2.35. The van der Waals surface area contributed by atoms with E-state index < -0.39 is 29.3 Å². The second kappa shape index (κ2) is 9.29. The van der Waals surface area contributed by atoms with E-state index in [1.807, 2.05) is 11.0 Å². The Balaban J connectivity index is 1.67. The van der Waals surface area contributed by atoms with Crippen LogP contribution in [0, 0.1) is 0 Å². The van der Waals surface area contributed by atoms with Crippen LogP contribution in [0.3, 0.4) is 0 Å². The number of carbonyl (C=O) groups is 1. The average molecular weight is 490 g/mol. The number of aromatic amines is 1. The Morgan fingerprint density at radius 2 is 1.86 bits per heavy atom. The molecule has 6 nitrogen and oxygen atoms in total. The molecule has 2 aromatic carbocycles. The second-order valence-corrected chi connectivity index (χ2v) is 10.3. The van der Waals surface area contributed by atoms with Gasteiger partial charge in [0.05, 0.1) is 18.3 Å². The van der Waals surface area contributed by atoms with Gasteiger partial charge in [0.1, 0.15) is 0 Å². The van der Waals surface area contributed by atoms with Crippen LogP contribution in [0.25, 0.3) is 22.0 Å². The van der Waals surface area contributed by atoms with Gasteiger partial charge in [-0.15, -0.1) is 0 Å². The lowest BCUT2D eigenvalue weighted by molar-refractivity contribution is -0.137. The molecule has 1 saturated heterocycles. The van der Waals surface area contributed by atoms with Crippen molar-refractivity contribution in [1.82, 2.24) is 15.2 Å². The third kappa shape index (κ3) is 5.86. The van der Waals surface area contributed by atoms with E-state index in [0.29, 0.717) is 30.6 Å². The lowest BCUT2D eigenvalue weighted by Gasteiger charge is -2.21. The van der Waals surface area contributed by atoms with E-state index in [0.717, 1.165) is 28.7 Å². The Morgan fingerprint density at radius 1 is 1.11 bits per heavy atom. The highest BCUT2D eigenvalue weighted by atomic mass is 19.4. The fourth-order valence-electron chi connectivity index (χ4n) is 4.52. The van der Waals surface area contributed by atoms with Crippen LogP contribution in [-0.2, 0) is 12.7 Å². The molecule has 0 spiro atoms. The Bertz CT molecular complexity index is 1230. The van der Waals surface area contributed by atoms with Crippen molar-refractivity contribution >= 4 is 16.8 Å². The SMILES string of the molecule is CC(C)(C)NC(=O)c1cc(-c2ccc3[nH]c(CN4CC(O)CC4CO)cc3c2)cc(C(F)(F)F)c1. The number of carbonyl (C=O) groups excluding carboxylic acids is 1. The van der Waals surface area contributed by atoms with Gasteiger partial charge in [-0.25, -0.2) is 0 Å². The molecule has 9 heteroatoms. The number of amides is 1. The average Bonchev–Trinajstić information content (AvgIpc) is 3.32. The van der Waals surface area contributed by atoms with E-state index >= 15 is 0 Å². The predicted molar refractivity (Wildman–Crippen MR) is 128 cm³/mol. The summed E-state index contributed by atoms with van der Waals surface area (Å²) in [5, 5.41) is 23.0. The van der Waals surface area contributed by atoms with E-state index in [-0.39, 0.29) is 18.2 Å². The molecule has 1 aliphatic heterocycles. The molecule has 4 rings (SSSR count). The molecule has 2 heterocycles. The zero-order chi connectivity index (χ0) is 25.5. The van der Waals surface area contributed by atoms with Crippen molar-refractivity contribution in [2.24, 2.45) is 0 Å². The molecule has 0 bridgehead atoms. The Labute approximate surface area is 201 Å². The second-order valence-electron chi connectivity index (χ2n) is 10.3. The minimum atomic E-state index is -4.60. The summed E-state index contributed by atoms with van der Waals surface area (Å²) in [5.74, 6) is -0.568. The maximum Gasteiger partial charge on any atom is 0.416 e. The number of nitrogens with one attached hydrogen (secondary N) is 2. The Hall–Kier alpha value is -2.88. The first-order valence-corrected chi connectivity index (χ1v) is 11.5. The first-order valence-electron chi connectivity index (χ1n) is 11.5. The maximum atomic E-state index is 13.6. The molecule has 188 valence electrons. The van der Waals surface area contributed by atoms with Gasteiger partial charge in [-0.05, 0) is 74.7 Å². The normalized spacial score (nSPS) is 19.4. The van der Waals surface area contributed by atoms with E-state index in [1.165, 1.54) is 6.07 Å². The molecular weight excluding hydrogens is 459 g/mol. The number of nitrogens with zero attached hydrogens (tertiary/aromatic N) is 1. The van der Waals surface area contributed by atoms with E-state index in [2.05, 4.69) is 10.3 Å². The van der Waals surface area contributed by atoms with Crippen molar-refractivity contribution < 1.29 is 28.2 Å². The number of alkyl halides is 3. The number of rotatable bonds is 5. The summed E-state index contributed by atoms with van der Waals surface area (Å²) in [6.45, 7) is 6.23. The molecule has 1 amide bonds. The van der Waals surface area contributed by atoms with Crippen LogP contribution in [0.4, 0.5) is 13.2 Å². The third-order valence-electron chi connectivity index (χ3n) is 6.11. The molecule has 0 radical (unpaired) electrons. The van der Waals surface area contributed by atoms with Gasteiger partial charge in [0, 0.05) is 46.8 Å². The highest BCUT2D eigenvalue weighted by Gasteiger charge is 2.33. The summed E-state index contributed by atoms with van der Waals surface area (Å²) >= 11 is 0. The van der Waals surface area contributed by atoms with Gasteiger partial charge in [-0.1, -0.05) is 6.07 Å². The van der Waals surface area contributed by atoms with Gasteiger partial charge >= 0.3 is 6.18 Å². The van der Waals surface area contributed by atoms with Gasteiger partial charge in [-0.2, -0.15) is 13.2 Å². The minimum absolute atomic E-state index is 0.0396. The number of hydrogen-bond acceptors (Lipinski definition) is 4. The molecule has 2 atom stereocenters. The van der Waals surface area contributed by atoms with Crippen molar-refractivity contribution in [2.75, 3.05) is 13.2 Å². The summed E-state index contributed by atoms with van der Waals surface area (Å²) in [6, 6.07) is 10.5. The number of benzene rings is 2. The fraction of sp³-hybridized carbons (Fsp3) is 0.423. The van der Waals surface area contributed by atoms with Crippen molar-refractivity contribution in [1.29, 1.82) is 0 Å². The van der Waals surface area contributed by atoms with Crippen molar-refractivity contribution in [3.8, 4) is 11.1 Å². The molecule has 35 heavy (non-hydrogen) atoms. The third-order valence-corrected chi connectivity index (χ3v) is 6.11. The molecule has 4 N–H and O–H groups in total. The number of halogens is 3. The number of likely N-dealkylation sites (tertiary alicyclic amines) is 1. The van der Waals surface area contributed by atoms with Crippen LogP contribution in [0.15, 0.2) is 42.5 Å². The van der Waals surface area contributed by atoms with Gasteiger partial charge < -0.3 is 20.5 Å². The molecule has 0 aliphatic carbocycles. The van der Waals surface area contributed by atoms with Gasteiger partial charge in [0.25, 0.3) is 5.91 Å². The molecule has 3 aromatic rings. The van der Waals surface area contributed by atoms with Crippen molar-refractivity contribution in [3.63, 3.8) is 0 Å².